The van der Waals surface area contributed by atoms with Crippen molar-refractivity contribution in [1.29, 1.82) is 0 Å². The van der Waals surface area contributed by atoms with E-state index < -0.39 is 0 Å². The lowest BCUT2D eigenvalue weighted by atomic mass is 10.1. The topological polar surface area (TPSA) is 90.9 Å². The molecule has 0 amide bonds. The van der Waals surface area contributed by atoms with Crippen molar-refractivity contribution in [2.75, 3.05) is 0 Å². The molecule has 0 spiro atoms. The Morgan fingerprint density at radius 1 is 0.643 bits per heavy atom. The second-order valence-corrected chi connectivity index (χ2v) is 6.00. The Kier molecular flexibility index (Phi) is 5.77. The zero-order valence-corrected chi connectivity index (χ0v) is 14.8. The molecule has 1 heterocycles. The van der Waals surface area contributed by atoms with Crippen molar-refractivity contribution in [3.05, 3.63) is 100 Å². The third-order valence-electron chi connectivity index (χ3n) is 3.81. The van der Waals surface area contributed by atoms with E-state index in [-0.39, 0.29) is 22.9 Å². The highest BCUT2D eigenvalue weighted by molar-refractivity contribution is 5.75. The Labute approximate surface area is 161 Å². The molecule has 0 unspecified atom stereocenters. The summed E-state index contributed by atoms with van der Waals surface area (Å²) in [6.07, 6.45) is 3.60. The van der Waals surface area contributed by atoms with E-state index in [1.54, 1.807) is 54.6 Å². The van der Waals surface area contributed by atoms with Crippen molar-refractivity contribution in [2.45, 2.75) is 0 Å². The quantitative estimate of drug-likeness (QED) is 0.347. The van der Waals surface area contributed by atoms with E-state index in [0.29, 0.717) is 11.1 Å². The van der Waals surface area contributed by atoms with Crippen LogP contribution < -0.4 is 5.63 Å². The van der Waals surface area contributed by atoms with Gasteiger partial charge in [0.25, 0.3) is 0 Å². The maximum Gasteiger partial charge on any atom is 0.336 e. The van der Waals surface area contributed by atoms with E-state index in [1.807, 2.05) is 24.3 Å². The van der Waals surface area contributed by atoms with Crippen LogP contribution in [0.2, 0.25) is 0 Å². The van der Waals surface area contributed by atoms with Crippen LogP contribution in [0.1, 0.15) is 11.1 Å². The molecule has 4 aromatic rings. The monoisotopic (exact) mass is 374 g/mol. The van der Waals surface area contributed by atoms with Crippen molar-refractivity contribution in [2.24, 2.45) is 0 Å². The summed E-state index contributed by atoms with van der Waals surface area (Å²) < 4.78 is 4.91. The molecule has 0 bridgehead atoms. The summed E-state index contributed by atoms with van der Waals surface area (Å²) in [6.45, 7) is 0. The predicted octanol–water partition coefficient (Wildman–Crippen LogP) is 4.77. The molecule has 0 aliphatic heterocycles. The first-order valence-electron chi connectivity index (χ1n) is 8.49. The second-order valence-electron chi connectivity index (χ2n) is 6.00. The minimum Gasteiger partial charge on any atom is -0.508 e. The molecule has 1 aromatic heterocycles. The van der Waals surface area contributed by atoms with Crippen LogP contribution in [0, 0.1) is 0 Å². The van der Waals surface area contributed by atoms with Crippen LogP contribution in [0.5, 0.6) is 17.2 Å². The fourth-order valence-electron chi connectivity index (χ4n) is 2.50. The fraction of sp³-hybridized carbons (Fsp3) is 0. The Morgan fingerprint density at radius 3 is 2.00 bits per heavy atom. The van der Waals surface area contributed by atoms with E-state index in [2.05, 4.69) is 0 Å². The molecule has 0 saturated carbocycles. The molecule has 140 valence electrons. The fourth-order valence-corrected chi connectivity index (χ4v) is 2.50. The first-order chi connectivity index (χ1) is 13.5. The minimum atomic E-state index is -0.302. The molecule has 3 N–H and O–H groups in total. The summed E-state index contributed by atoms with van der Waals surface area (Å²) >= 11 is 0. The van der Waals surface area contributed by atoms with Gasteiger partial charge in [-0.15, -0.1) is 0 Å². The third-order valence-corrected chi connectivity index (χ3v) is 3.81. The van der Waals surface area contributed by atoms with E-state index in [9.17, 15) is 15.0 Å². The molecule has 0 saturated heterocycles. The van der Waals surface area contributed by atoms with Gasteiger partial charge in [-0.3, -0.25) is 0 Å². The molecule has 4 rings (SSSR count). The highest BCUT2D eigenvalue weighted by Crippen LogP contribution is 2.22. The number of fused-ring (bicyclic) bond motifs is 1. The molecule has 0 aliphatic rings. The molecule has 5 nitrogen and oxygen atoms in total. The van der Waals surface area contributed by atoms with E-state index in [1.165, 1.54) is 12.1 Å². The summed E-state index contributed by atoms with van der Waals surface area (Å²) in [5.41, 5.74) is 1.96. The summed E-state index contributed by atoms with van der Waals surface area (Å²) in [5, 5.41) is 28.7. The number of rotatable bonds is 2. The first kappa shape index (κ1) is 18.8. The highest BCUT2D eigenvalue weighted by atomic mass is 16.4. The smallest absolute Gasteiger partial charge is 0.336 e. The lowest BCUT2D eigenvalue weighted by Crippen LogP contribution is -1.93. The van der Waals surface area contributed by atoms with Gasteiger partial charge in [0.15, 0.2) is 0 Å². The Morgan fingerprint density at radius 2 is 1.29 bits per heavy atom. The zero-order chi connectivity index (χ0) is 19.9. The standard InChI is InChI=1S/C14H12O3.C9H6O2/c15-12-5-3-10(4-6-12)1-2-11-7-13(16)9-14(17)8-11;10-9-6-5-7-3-1-2-4-8(7)11-9/h1-9,15-17H;1-6H. The molecule has 3 aromatic carbocycles. The second kappa shape index (κ2) is 8.60. The van der Waals surface area contributed by atoms with Crippen molar-refractivity contribution in [3.8, 4) is 17.2 Å². The zero-order valence-electron chi connectivity index (χ0n) is 14.8. The van der Waals surface area contributed by atoms with Crippen molar-refractivity contribution >= 4 is 23.1 Å². The summed E-state index contributed by atoms with van der Waals surface area (Å²) in [5.74, 6) is 0.267. The number of hydrogen-bond acceptors (Lipinski definition) is 5. The van der Waals surface area contributed by atoms with Gasteiger partial charge in [-0.1, -0.05) is 42.5 Å². The molecule has 28 heavy (non-hydrogen) atoms. The van der Waals surface area contributed by atoms with Gasteiger partial charge in [-0.25, -0.2) is 4.79 Å². The number of aromatic hydroxyl groups is 3. The Hall–Kier alpha value is -3.99. The number of phenolic OH excluding ortho intramolecular Hbond substituents is 3. The molecule has 0 aliphatic carbocycles. The van der Waals surface area contributed by atoms with Crippen LogP contribution in [-0.4, -0.2) is 15.3 Å². The highest BCUT2D eigenvalue weighted by Gasteiger charge is 1.96. The lowest BCUT2D eigenvalue weighted by Gasteiger charge is -1.98. The Balaban J connectivity index is 0.000000176. The summed E-state index contributed by atoms with van der Waals surface area (Å²) in [7, 11) is 0. The van der Waals surface area contributed by atoms with Crippen molar-refractivity contribution in [1.82, 2.24) is 0 Å². The third kappa shape index (κ3) is 5.25. The minimum absolute atomic E-state index is 0.0235. The summed E-state index contributed by atoms with van der Waals surface area (Å²) in [4.78, 5) is 10.7. The molecular formula is C23H18O5. The first-order valence-corrected chi connectivity index (χ1v) is 8.49. The van der Waals surface area contributed by atoms with Gasteiger partial charge in [0.1, 0.15) is 22.8 Å². The normalized spacial score (nSPS) is 10.6. The van der Waals surface area contributed by atoms with Crippen LogP contribution in [0.25, 0.3) is 23.1 Å². The van der Waals surface area contributed by atoms with Gasteiger partial charge in [0.05, 0.1) is 0 Å². The largest absolute Gasteiger partial charge is 0.508 e. The van der Waals surface area contributed by atoms with Gasteiger partial charge < -0.3 is 19.7 Å². The maximum atomic E-state index is 10.7. The maximum absolute atomic E-state index is 10.7. The van der Waals surface area contributed by atoms with Gasteiger partial charge in [-0.2, -0.15) is 0 Å². The van der Waals surface area contributed by atoms with E-state index in [4.69, 9.17) is 9.52 Å². The molecule has 0 radical (unpaired) electrons. The molecule has 0 fully saturated rings. The summed E-state index contributed by atoms with van der Waals surface area (Å²) in [6, 6.07) is 21.7. The SMILES string of the molecule is O=c1ccc2ccccc2o1.Oc1ccc(C=Cc2cc(O)cc(O)c2)cc1. The number of benzene rings is 3. The average molecular weight is 374 g/mol. The van der Waals surface area contributed by atoms with Gasteiger partial charge in [0.2, 0.25) is 0 Å². The number of para-hydroxylation sites is 1. The van der Waals surface area contributed by atoms with Crippen molar-refractivity contribution in [3.63, 3.8) is 0 Å². The van der Waals surface area contributed by atoms with E-state index >= 15 is 0 Å². The van der Waals surface area contributed by atoms with Gasteiger partial charge in [0, 0.05) is 17.5 Å². The van der Waals surface area contributed by atoms with E-state index in [0.717, 1.165) is 10.9 Å². The van der Waals surface area contributed by atoms with Gasteiger partial charge in [-0.05, 0) is 47.5 Å². The van der Waals surface area contributed by atoms with Crippen LogP contribution in [-0.2, 0) is 0 Å². The van der Waals surface area contributed by atoms with Crippen LogP contribution in [0.4, 0.5) is 0 Å². The predicted molar refractivity (Wildman–Crippen MR) is 109 cm³/mol. The van der Waals surface area contributed by atoms with Crippen LogP contribution >= 0.6 is 0 Å². The number of hydrogen-bond donors (Lipinski definition) is 3. The Bertz CT molecular complexity index is 1140. The lowest BCUT2D eigenvalue weighted by molar-refractivity contribution is 0.450. The average Bonchev–Trinajstić information content (AvgIpc) is 2.67. The molecular weight excluding hydrogens is 356 g/mol. The molecule has 5 heteroatoms. The van der Waals surface area contributed by atoms with Crippen molar-refractivity contribution < 1.29 is 19.7 Å². The molecule has 0 atom stereocenters. The van der Waals surface area contributed by atoms with Crippen LogP contribution in [0.3, 0.4) is 0 Å². The van der Waals surface area contributed by atoms with Crippen LogP contribution in [0.15, 0.2) is 88.1 Å². The van der Waals surface area contributed by atoms with Gasteiger partial charge >= 0.3 is 5.63 Å². The number of phenols is 3.